The van der Waals surface area contributed by atoms with Gasteiger partial charge in [0, 0.05) is 13.0 Å². The Hall–Kier alpha value is -2.52. The zero-order valence-corrected chi connectivity index (χ0v) is 16.8. The summed E-state index contributed by atoms with van der Waals surface area (Å²) in [6.45, 7) is 2.92. The molecule has 2 atom stereocenters. The molecule has 11 heteroatoms. The molecule has 1 aromatic carbocycles. The Labute approximate surface area is 166 Å². The molecule has 1 saturated heterocycles. The van der Waals surface area contributed by atoms with E-state index in [0.29, 0.717) is 25.2 Å². The first kappa shape index (κ1) is 19.8. The highest BCUT2D eigenvalue weighted by molar-refractivity contribution is 7.53. The number of nitrogens with two attached hydrogens (primary N) is 1. The molecule has 0 radical (unpaired) electrons. The molecule has 154 valence electrons. The van der Waals surface area contributed by atoms with Crippen molar-refractivity contribution in [3.8, 4) is 0 Å². The third-order valence-electron chi connectivity index (χ3n) is 4.59. The topological polar surface area (TPSA) is 134 Å². The van der Waals surface area contributed by atoms with Crippen LogP contribution in [0.4, 0.5) is 5.95 Å². The smallest absolute Gasteiger partial charge is 0.356 e. The Bertz CT molecular complexity index is 1130. The number of nitrogens with one attached hydrogen (secondary N) is 1. The van der Waals surface area contributed by atoms with E-state index in [1.54, 1.807) is 4.57 Å². The van der Waals surface area contributed by atoms with Crippen molar-refractivity contribution < 1.29 is 18.3 Å². The number of benzene rings is 1. The molecule has 0 amide bonds. The fraction of sp³-hybridized carbons (Fsp3) is 0.389. The van der Waals surface area contributed by atoms with Gasteiger partial charge >= 0.3 is 7.60 Å². The summed E-state index contributed by atoms with van der Waals surface area (Å²) < 4.78 is 31.3. The monoisotopic (exact) mass is 419 g/mol. The van der Waals surface area contributed by atoms with E-state index in [-0.39, 0.29) is 30.5 Å². The number of imidazole rings is 1. The van der Waals surface area contributed by atoms with Gasteiger partial charge in [-0.15, -0.1) is 0 Å². The van der Waals surface area contributed by atoms with Gasteiger partial charge in [-0.3, -0.25) is 18.9 Å². The van der Waals surface area contributed by atoms with Gasteiger partial charge in [-0.05, 0) is 12.5 Å². The maximum absolute atomic E-state index is 12.9. The minimum Gasteiger partial charge on any atom is -0.369 e. The van der Waals surface area contributed by atoms with Gasteiger partial charge in [0.05, 0.1) is 25.6 Å². The molecule has 0 saturated carbocycles. The summed E-state index contributed by atoms with van der Waals surface area (Å²) in [4.78, 5) is 22.3. The standard InChI is InChI=1S/C18H22N5O5P/c1-12-3-2-4-13(9-12)14-5-7-27-29(25,28-14)11-26-8-6-23-10-20-15-16(23)21-18(19)22-17(15)24/h2-4,9-10,14H,5-8,11H2,1H3,(H3,19,21,22,24). The number of aryl methyl sites for hydroxylation is 1. The molecule has 29 heavy (non-hydrogen) atoms. The van der Waals surface area contributed by atoms with Crippen LogP contribution in [0.5, 0.6) is 0 Å². The van der Waals surface area contributed by atoms with Crippen molar-refractivity contribution in [2.45, 2.75) is 26.0 Å². The van der Waals surface area contributed by atoms with Gasteiger partial charge in [0.15, 0.2) is 11.2 Å². The molecule has 2 unspecified atom stereocenters. The third kappa shape index (κ3) is 4.40. The first-order valence-corrected chi connectivity index (χ1v) is 10.9. The highest BCUT2D eigenvalue weighted by Crippen LogP contribution is 2.55. The van der Waals surface area contributed by atoms with Crippen LogP contribution in [-0.2, 0) is 24.9 Å². The fourth-order valence-corrected chi connectivity index (χ4v) is 4.76. The van der Waals surface area contributed by atoms with Crippen molar-refractivity contribution in [3.05, 3.63) is 52.1 Å². The Morgan fingerprint density at radius 1 is 1.45 bits per heavy atom. The predicted molar refractivity (Wildman–Crippen MR) is 107 cm³/mol. The second-order valence-electron chi connectivity index (χ2n) is 6.84. The Morgan fingerprint density at radius 2 is 2.31 bits per heavy atom. The number of fused-ring (bicyclic) bond motifs is 1. The molecule has 0 aliphatic carbocycles. The zero-order valence-electron chi connectivity index (χ0n) is 15.9. The summed E-state index contributed by atoms with van der Waals surface area (Å²) in [5.41, 5.74) is 7.85. The highest BCUT2D eigenvalue weighted by atomic mass is 31.2. The number of hydrogen-bond acceptors (Lipinski definition) is 8. The number of rotatable bonds is 6. The molecule has 3 heterocycles. The van der Waals surface area contributed by atoms with Crippen LogP contribution in [0.15, 0.2) is 35.4 Å². The van der Waals surface area contributed by atoms with Crippen LogP contribution in [0.2, 0.25) is 0 Å². The van der Waals surface area contributed by atoms with Crippen molar-refractivity contribution >= 4 is 24.7 Å². The van der Waals surface area contributed by atoms with E-state index in [9.17, 15) is 9.36 Å². The lowest BCUT2D eigenvalue weighted by Gasteiger charge is -2.30. The second kappa shape index (κ2) is 8.08. The van der Waals surface area contributed by atoms with Crippen LogP contribution in [0.1, 0.15) is 23.7 Å². The Balaban J connectivity index is 1.35. The number of anilines is 1. The SMILES string of the molecule is Cc1cccc(C2CCOP(=O)(COCCn3cnc4c(=O)[nH]c(N)nc43)O2)c1. The van der Waals surface area contributed by atoms with Crippen LogP contribution in [0.3, 0.4) is 0 Å². The number of aromatic amines is 1. The van der Waals surface area contributed by atoms with Gasteiger partial charge in [0.1, 0.15) is 6.35 Å². The summed E-state index contributed by atoms with van der Waals surface area (Å²) >= 11 is 0. The van der Waals surface area contributed by atoms with Crippen LogP contribution in [0.25, 0.3) is 11.2 Å². The summed E-state index contributed by atoms with van der Waals surface area (Å²) in [5, 5.41) is 0. The highest BCUT2D eigenvalue weighted by Gasteiger charge is 2.34. The number of aromatic nitrogens is 4. The molecular formula is C18H22N5O5P. The minimum atomic E-state index is -3.36. The molecule has 0 spiro atoms. The average molecular weight is 419 g/mol. The molecular weight excluding hydrogens is 397 g/mol. The average Bonchev–Trinajstić information content (AvgIpc) is 3.08. The molecule has 1 aliphatic rings. The number of hydrogen-bond donors (Lipinski definition) is 2. The zero-order chi connectivity index (χ0) is 20.4. The van der Waals surface area contributed by atoms with Gasteiger partial charge in [-0.25, -0.2) is 4.98 Å². The van der Waals surface area contributed by atoms with Gasteiger partial charge in [0.2, 0.25) is 5.95 Å². The lowest BCUT2D eigenvalue weighted by molar-refractivity contribution is 0.0563. The number of nitrogen functional groups attached to an aromatic ring is 1. The van der Waals surface area contributed by atoms with Crippen LogP contribution >= 0.6 is 7.60 Å². The van der Waals surface area contributed by atoms with Crippen LogP contribution < -0.4 is 11.3 Å². The van der Waals surface area contributed by atoms with E-state index in [1.165, 1.54) is 6.33 Å². The van der Waals surface area contributed by atoms with E-state index < -0.39 is 13.2 Å². The number of H-pyrrole nitrogens is 1. The van der Waals surface area contributed by atoms with E-state index in [0.717, 1.165) is 11.1 Å². The molecule has 1 fully saturated rings. The number of nitrogens with zero attached hydrogens (tertiary/aromatic N) is 3. The van der Waals surface area contributed by atoms with Gasteiger partial charge in [-0.1, -0.05) is 29.8 Å². The summed E-state index contributed by atoms with van der Waals surface area (Å²) in [5.74, 6) is 0.0146. The van der Waals surface area contributed by atoms with Crippen LogP contribution in [0, 0.1) is 6.92 Å². The lowest BCUT2D eigenvalue weighted by atomic mass is 10.0. The Morgan fingerprint density at radius 3 is 3.14 bits per heavy atom. The molecule has 3 N–H and O–H groups in total. The summed E-state index contributed by atoms with van der Waals surface area (Å²) in [7, 11) is -3.36. The van der Waals surface area contributed by atoms with Crippen molar-refractivity contribution in [3.63, 3.8) is 0 Å². The van der Waals surface area contributed by atoms with Crippen molar-refractivity contribution in [1.29, 1.82) is 0 Å². The van der Waals surface area contributed by atoms with Crippen molar-refractivity contribution in [2.24, 2.45) is 0 Å². The van der Waals surface area contributed by atoms with Crippen molar-refractivity contribution in [1.82, 2.24) is 19.5 Å². The third-order valence-corrected chi connectivity index (χ3v) is 6.24. The van der Waals surface area contributed by atoms with Crippen LogP contribution in [-0.4, -0.2) is 39.1 Å². The second-order valence-corrected chi connectivity index (χ2v) is 8.79. The lowest BCUT2D eigenvalue weighted by Crippen LogP contribution is -2.17. The molecule has 3 aromatic rings. The maximum atomic E-state index is 12.9. The maximum Gasteiger partial charge on any atom is 0.356 e. The molecule has 10 nitrogen and oxygen atoms in total. The first-order chi connectivity index (χ1) is 13.9. The molecule has 4 rings (SSSR count). The van der Waals surface area contributed by atoms with Gasteiger partial charge in [0.25, 0.3) is 5.56 Å². The largest absolute Gasteiger partial charge is 0.369 e. The summed E-state index contributed by atoms with van der Waals surface area (Å²) in [6, 6.07) is 7.93. The first-order valence-electron chi connectivity index (χ1n) is 9.20. The molecule has 1 aliphatic heterocycles. The molecule has 2 aromatic heterocycles. The van der Waals surface area contributed by atoms with Crippen molar-refractivity contribution in [2.75, 3.05) is 25.3 Å². The normalized spacial score (nSPS) is 22.2. The molecule has 0 bridgehead atoms. The Kier molecular flexibility index (Phi) is 5.51. The van der Waals surface area contributed by atoms with E-state index in [2.05, 4.69) is 15.0 Å². The van der Waals surface area contributed by atoms with Gasteiger partial charge < -0.3 is 19.6 Å². The fourth-order valence-electron chi connectivity index (χ4n) is 3.22. The van der Waals surface area contributed by atoms with Gasteiger partial charge in [-0.2, -0.15) is 4.98 Å². The van der Waals surface area contributed by atoms with E-state index >= 15 is 0 Å². The summed E-state index contributed by atoms with van der Waals surface area (Å²) in [6.07, 6.45) is 1.68. The number of ether oxygens (including phenoxy) is 1. The quantitative estimate of drug-likeness (QED) is 0.459. The van der Waals surface area contributed by atoms with E-state index in [4.69, 9.17) is 19.5 Å². The minimum absolute atomic E-state index is 0.0146. The van der Waals surface area contributed by atoms with E-state index in [1.807, 2.05) is 31.2 Å². The predicted octanol–water partition coefficient (Wildman–Crippen LogP) is 2.36.